The number of piperazine rings is 1. The third-order valence-corrected chi connectivity index (χ3v) is 7.25. The molecule has 170 valence electrons. The lowest BCUT2D eigenvalue weighted by Gasteiger charge is -2.33. The second-order valence-electron chi connectivity index (χ2n) is 7.67. The Balaban J connectivity index is 1.35. The van der Waals surface area contributed by atoms with Gasteiger partial charge in [-0.05, 0) is 29.3 Å². The maximum Gasteiger partial charge on any atom is 0.236 e. The summed E-state index contributed by atoms with van der Waals surface area (Å²) in [4.78, 5) is 14.5. The number of benzene rings is 2. The Bertz CT molecular complexity index is 1100. The molecule has 0 unspecified atom stereocenters. The number of hydrogen-bond donors (Lipinski definition) is 0. The third kappa shape index (κ3) is 5.43. The van der Waals surface area contributed by atoms with Crippen LogP contribution in [0.2, 0.25) is 5.02 Å². The number of nitrogens with zero attached hydrogens (tertiary/aromatic N) is 2. The quantitative estimate of drug-likeness (QED) is 0.662. The van der Waals surface area contributed by atoms with Gasteiger partial charge in [0.05, 0.1) is 24.7 Å². The van der Waals surface area contributed by atoms with Crippen LogP contribution in [0.5, 0.6) is 11.5 Å². The van der Waals surface area contributed by atoms with Crippen LogP contribution in [-0.2, 0) is 21.2 Å². The summed E-state index contributed by atoms with van der Waals surface area (Å²) in [6, 6.07) is 12.8. The van der Waals surface area contributed by atoms with Crippen molar-refractivity contribution in [2.75, 3.05) is 39.4 Å². The normalized spacial score (nSPS) is 17.3. The van der Waals surface area contributed by atoms with Gasteiger partial charge in [-0.2, -0.15) is 4.31 Å². The van der Waals surface area contributed by atoms with Gasteiger partial charge >= 0.3 is 0 Å². The van der Waals surface area contributed by atoms with Gasteiger partial charge in [0.25, 0.3) is 0 Å². The Morgan fingerprint density at radius 1 is 1.03 bits per heavy atom. The number of ether oxygens (including phenoxy) is 2. The lowest BCUT2D eigenvalue weighted by molar-refractivity contribution is -0.131. The monoisotopic (exact) mass is 476 g/mol. The van der Waals surface area contributed by atoms with Gasteiger partial charge in [0.1, 0.15) is 0 Å². The van der Waals surface area contributed by atoms with Gasteiger partial charge < -0.3 is 14.4 Å². The molecule has 2 aromatic carbocycles. The number of halogens is 1. The number of hydrogen-bond acceptors (Lipinski definition) is 5. The number of sulfonamides is 1. The maximum atomic E-state index is 12.8. The minimum Gasteiger partial charge on any atom is -0.489 e. The molecule has 1 saturated heterocycles. The number of carbonyl (C=O) groups excluding carboxylic acids is 1. The number of carbonyl (C=O) groups is 1. The van der Waals surface area contributed by atoms with E-state index in [0.29, 0.717) is 42.8 Å². The van der Waals surface area contributed by atoms with Gasteiger partial charge in [0.2, 0.25) is 15.9 Å². The van der Waals surface area contributed by atoms with Crippen molar-refractivity contribution in [1.82, 2.24) is 9.21 Å². The van der Waals surface area contributed by atoms with E-state index in [1.54, 1.807) is 23.1 Å². The summed E-state index contributed by atoms with van der Waals surface area (Å²) in [5.41, 5.74) is 1.56. The fourth-order valence-electron chi connectivity index (χ4n) is 3.68. The maximum absolute atomic E-state index is 12.8. The Labute approximate surface area is 193 Å². The van der Waals surface area contributed by atoms with E-state index >= 15 is 0 Å². The van der Waals surface area contributed by atoms with E-state index in [1.807, 2.05) is 30.3 Å². The highest BCUT2D eigenvalue weighted by molar-refractivity contribution is 7.92. The molecule has 2 aromatic rings. The standard InChI is InChI=1S/C23H25ClN2O5S/c24-20-15-19(16-21-23(20)31-13-4-12-30-21)17-22(27)25-8-10-26(11-9-25)32(28,29)14-7-18-5-2-1-3-6-18/h1-3,5-7,14-16H,4,8-13,17H2/b14-7+. The predicted molar refractivity (Wildman–Crippen MR) is 123 cm³/mol. The Morgan fingerprint density at radius 3 is 2.50 bits per heavy atom. The van der Waals surface area contributed by atoms with Crippen LogP contribution in [0.4, 0.5) is 0 Å². The van der Waals surface area contributed by atoms with Crippen molar-refractivity contribution >= 4 is 33.6 Å². The topological polar surface area (TPSA) is 76.2 Å². The summed E-state index contributed by atoms with van der Waals surface area (Å²) in [5, 5.41) is 1.65. The van der Waals surface area contributed by atoms with Gasteiger partial charge in [-0.3, -0.25) is 4.79 Å². The molecule has 0 aromatic heterocycles. The first kappa shape index (κ1) is 22.6. The van der Waals surface area contributed by atoms with E-state index in [2.05, 4.69) is 0 Å². The second kappa shape index (κ2) is 9.94. The first-order chi connectivity index (χ1) is 15.4. The van der Waals surface area contributed by atoms with Crippen LogP contribution >= 0.6 is 11.6 Å². The lowest BCUT2D eigenvalue weighted by atomic mass is 10.1. The van der Waals surface area contributed by atoms with Crippen LogP contribution in [-0.4, -0.2) is 62.9 Å². The summed E-state index contributed by atoms with van der Waals surface area (Å²) >= 11 is 6.32. The van der Waals surface area contributed by atoms with Crippen molar-refractivity contribution < 1.29 is 22.7 Å². The lowest BCUT2D eigenvalue weighted by Crippen LogP contribution is -2.50. The molecular formula is C23H25ClN2O5S. The van der Waals surface area contributed by atoms with E-state index in [-0.39, 0.29) is 25.4 Å². The number of rotatable bonds is 5. The number of fused-ring (bicyclic) bond motifs is 1. The molecule has 4 rings (SSSR count). The Kier molecular flexibility index (Phi) is 7.03. The molecule has 0 saturated carbocycles. The van der Waals surface area contributed by atoms with Crippen molar-refractivity contribution in [2.24, 2.45) is 0 Å². The van der Waals surface area contributed by atoms with Gasteiger partial charge in [-0.1, -0.05) is 41.9 Å². The van der Waals surface area contributed by atoms with E-state index in [4.69, 9.17) is 21.1 Å². The van der Waals surface area contributed by atoms with Crippen molar-refractivity contribution in [3.63, 3.8) is 0 Å². The van der Waals surface area contributed by atoms with Crippen LogP contribution in [0.15, 0.2) is 47.9 Å². The molecule has 7 nitrogen and oxygen atoms in total. The summed E-state index contributed by atoms with van der Waals surface area (Å²) in [5.74, 6) is 0.995. The predicted octanol–water partition coefficient (Wildman–Crippen LogP) is 3.19. The van der Waals surface area contributed by atoms with Crippen molar-refractivity contribution in [2.45, 2.75) is 12.8 Å². The molecule has 0 aliphatic carbocycles. The van der Waals surface area contributed by atoms with Crippen molar-refractivity contribution in [3.8, 4) is 11.5 Å². The highest BCUT2D eigenvalue weighted by atomic mass is 35.5. The summed E-state index contributed by atoms with van der Waals surface area (Å²) in [6.07, 6.45) is 2.52. The van der Waals surface area contributed by atoms with Gasteiger partial charge in [0.15, 0.2) is 11.5 Å². The molecule has 1 fully saturated rings. The van der Waals surface area contributed by atoms with Crippen LogP contribution in [0.3, 0.4) is 0 Å². The van der Waals surface area contributed by atoms with E-state index < -0.39 is 10.0 Å². The minimum atomic E-state index is -3.54. The van der Waals surface area contributed by atoms with Gasteiger partial charge in [-0.25, -0.2) is 8.42 Å². The van der Waals surface area contributed by atoms with E-state index in [1.165, 1.54) is 9.71 Å². The van der Waals surface area contributed by atoms with Crippen LogP contribution < -0.4 is 9.47 Å². The van der Waals surface area contributed by atoms with Crippen molar-refractivity contribution in [1.29, 1.82) is 0 Å². The largest absolute Gasteiger partial charge is 0.489 e. The fraction of sp³-hybridized carbons (Fsp3) is 0.348. The van der Waals surface area contributed by atoms with Crippen molar-refractivity contribution in [3.05, 3.63) is 64.0 Å². The molecule has 0 N–H and O–H groups in total. The van der Waals surface area contributed by atoms with Crippen LogP contribution in [0.25, 0.3) is 6.08 Å². The SMILES string of the molecule is O=C(Cc1cc(Cl)c2c(c1)OCCCO2)N1CCN(S(=O)(=O)/C=C/c2ccccc2)CC1. The van der Waals surface area contributed by atoms with Crippen LogP contribution in [0, 0.1) is 0 Å². The zero-order valence-electron chi connectivity index (χ0n) is 17.6. The highest BCUT2D eigenvalue weighted by Gasteiger charge is 2.27. The fourth-order valence-corrected chi connectivity index (χ4v) is 5.14. The first-order valence-electron chi connectivity index (χ1n) is 10.5. The molecule has 0 spiro atoms. The molecule has 0 atom stereocenters. The van der Waals surface area contributed by atoms with Gasteiger partial charge in [0, 0.05) is 38.0 Å². The summed E-state index contributed by atoms with van der Waals surface area (Å²) in [6.45, 7) is 2.28. The highest BCUT2D eigenvalue weighted by Crippen LogP contribution is 2.38. The van der Waals surface area contributed by atoms with E-state index in [0.717, 1.165) is 17.5 Å². The molecule has 0 radical (unpaired) electrons. The Hall–Kier alpha value is -2.55. The molecule has 32 heavy (non-hydrogen) atoms. The average molecular weight is 477 g/mol. The molecule has 2 aliphatic rings. The molecule has 9 heteroatoms. The first-order valence-corrected chi connectivity index (χ1v) is 12.4. The summed E-state index contributed by atoms with van der Waals surface area (Å²) < 4.78 is 38.0. The molecule has 0 bridgehead atoms. The third-order valence-electron chi connectivity index (χ3n) is 5.40. The summed E-state index contributed by atoms with van der Waals surface area (Å²) in [7, 11) is -3.54. The molecule has 2 aliphatic heterocycles. The zero-order chi connectivity index (χ0) is 22.6. The van der Waals surface area contributed by atoms with Crippen LogP contribution in [0.1, 0.15) is 17.5 Å². The number of amides is 1. The molecular weight excluding hydrogens is 452 g/mol. The average Bonchev–Trinajstić information content (AvgIpc) is 3.04. The smallest absolute Gasteiger partial charge is 0.236 e. The van der Waals surface area contributed by atoms with E-state index in [9.17, 15) is 13.2 Å². The molecule has 2 heterocycles. The zero-order valence-corrected chi connectivity index (χ0v) is 19.1. The van der Waals surface area contributed by atoms with Gasteiger partial charge in [-0.15, -0.1) is 0 Å². The second-order valence-corrected chi connectivity index (χ2v) is 9.90. The Morgan fingerprint density at radius 2 is 1.75 bits per heavy atom. The minimum absolute atomic E-state index is 0.0765. The molecule has 1 amide bonds.